The van der Waals surface area contributed by atoms with Gasteiger partial charge in [-0.05, 0) is 24.8 Å². The molecule has 1 heterocycles. The van der Waals surface area contributed by atoms with Crippen molar-refractivity contribution in [2.45, 2.75) is 51.1 Å². The Morgan fingerprint density at radius 2 is 2.00 bits per heavy atom. The molecule has 1 aliphatic rings. The number of nitrogens with one attached hydrogen (secondary N) is 1. The molecular weight excluding hydrogens is 363 g/mol. The Morgan fingerprint density at radius 1 is 1.33 bits per heavy atom. The maximum Gasteiger partial charge on any atom is 0.434 e. The molecule has 0 aliphatic heterocycles. The highest BCUT2D eigenvalue weighted by Gasteiger charge is 2.34. The molecule has 2 rings (SSSR count). The molecule has 1 aromatic rings. The van der Waals surface area contributed by atoms with Crippen LogP contribution >= 0.6 is 23.7 Å². The second kappa shape index (κ2) is 9.01. The average molecular weight is 386 g/mol. The molecule has 9 heteroatoms. The smallest absolute Gasteiger partial charge is 0.356 e. The SMILES string of the molecule is Cl.NCC1(CC(=O)NCCc2nc(C(F)(F)F)cs2)CCCCC1. The van der Waals surface area contributed by atoms with E-state index in [1.807, 2.05) is 0 Å². The molecular formula is C15H23ClF3N3OS. The third-order valence-electron chi connectivity index (χ3n) is 4.39. The number of nitrogens with two attached hydrogens (primary N) is 1. The van der Waals surface area contributed by atoms with Gasteiger partial charge >= 0.3 is 6.18 Å². The predicted molar refractivity (Wildman–Crippen MR) is 90.3 cm³/mol. The molecule has 4 nitrogen and oxygen atoms in total. The maximum atomic E-state index is 12.5. The molecule has 0 aromatic carbocycles. The fourth-order valence-electron chi connectivity index (χ4n) is 3.02. The van der Waals surface area contributed by atoms with E-state index in [1.165, 1.54) is 6.42 Å². The van der Waals surface area contributed by atoms with Crippen molar-refractivity contribution in [2.75, 3.05) is 13.1 Å². The molecule has 1 fully saturated rings. The number of hydrogen-bond donors (Lipinski definition) is 2. The largest absolute Gasteiger partial charge is 0.434 e. The summed E-state index contributed by atoms with van der Waals surface area (Å²) in [5.41, 5.74) is 4.88. The number of carbonyl (C=O) groups excluding carboxylic acids is 1. The molecule has 0 saturated heterocycles. The third kappa shape index (κ3) is 5.89. The molecule has 1 amide bonds. The van der Waals surface area contributed by atoms with Gasteiger partial charge in [0.2, 0.25) is 5.91 Å². The minimum absolute atomic E-state index is 0. The van der Waals surface area contributed by atoms with E-state index in [9.17, 15) is 18.0 Å². The van der Waals surface area contributed by atoms with Crippen molar-refractivity contribution in [1.29, 1.82) is 0 Å². The topological polar surface area (TPSA) is 68.0 Å². The molecule has 0 spiro atoms. The second-order valence-electron chi connectivity index (χ2n) is 6.17. The molecule has 3 N–H and O–H groups in total. The van der Waals surface area contributed by atoms with Gasteiger partial charge in [0.15, 0.2) is 5.69 Å². The Labute approximate surface area is 149 Å². The van der Waals surface area contributed by atoms with Crippen molar-refractivity contribution in [2.24, 2.45) is 11.1 Å². The van der Waals surface area contributed by atoms with Gasteiger partial charge in [0.1, 0.15) is 0 Å². The molecule has 1 aromatic heterocycles. The van der Waals surface area contributed by atoms with Crippen molar-refractivity contribution in [3.05, 3.63) is 16.1 Å². The van der Waals surface area contributed by atoms with E-state index in [-0.39, 0.29) is 23.7 Å². The maximum absolute atomic E-state index is 12.5. The third-order valence-corrected chi connectivity index (χ3v) is 5.29. The standard InChI is InChI=1S/C15H22F3N3OS.ClH/c16-15(17,18)11-9-23-13(21-11)4-7-20-12(22)8-14(10-19)5-2-1-3-6-14;/h9H,1-8,10,19H2,(H,20,22);1H. The molecule has 1 aliphatic carbocycles. The van der Waals surface area contributed by atoms with Gasteiger partial charge in [0.05, 0.1) is 5.01 Å². The average Bonchev–Trinajstić information content (AvgIpc) is 2.97. The van der Waals surface area contributed by atoms with Crippen LogP contribution in [-0.4, -0.2) is 24.0 Å². The number of amides is 1. The van der Waals surface area contributed by atoms with Gasteiger partial charge in [-0.3, -0.25) is 4.79 Å². The van der Waals surface area contributed by atoms with Crippen molar-refractivity contribution in [3.63, 3.8) is 0 Å². The molecule has 1 saturated carbocycles. The molecule has 0 bridgehead atoms. The lowest BCUT2D eigenvalue weighted by Gasteiger charge is -2.35. The van der Waals surface area contributed by atoms with E-state index < -0.39 is 11.9 Å². The number of nitrogens with zero attached hydrogens (tertiary/aromatic N) is 1. The molecule has 0 atom stereocenters. The highest BCUT2D eigenvalue weighted by molar-refractivity contribution is 7.09. The van der Waals surface area contributed by atoms with E-state index in [2.05, 4.69) is 10.3 Å². The number of rotatable bonds is 6. The quantitative estimate of drug-likeness (QED) is 0.787. The first-order chi connectivity index (χ1) is 10.8. The number of thiazole rings is 1. The van der Waals surface area contributed by atoms with Crippen LogP contribution in [0.15, 0.2) is 5.38 Å². The fourth-order valence-corrected chi connectivity index (χ4v) is 3.83. The highest BCUT2D eigenvalue weighted by atomic mass is 35.5. The summed E-state index contributed by atoms with van der Waals surface area (Å²) in [7, 11) is 0. The highest BCUT2D eigenvalue weighted by Crippen LogP contribution is 2.38. The van der Waals surface area contributed by atoms with Gasteiger partial charge in [-0.1, -0.05) is 19.3 Å². The van der Waals surface area contributed by atoms with Crippen LogP contribution in [0.25, 0.3) is 0 Å². The summed E-state index contributed by atoms with van der Waals surface area (Å²) in [4.78, 5) is 15.6. The first kappa shape index (κ1) is 21.2. The Kier molecular flexibility index (Phi) is 7.95. The lowest BCUT2D eigenvalue weighted by atomic mass is 9.71. The van der Waals surface area contributed by atoms with Gasteiger partial charge in [-0.25, -0.2) is 4.98 Å². The van der Waals surface area contributed by atoms with Crippen LogP contribution in [0.1, 0.15) is 49.2 Å². The zero-order valence-electron chi connectivity index (χ0n) is 13.3. The predicted octanol–water partition coefficient (Wildman–Crippen LogP) is 3.54. The number of halogens is 4. The summed E-state index contributed by atoms with van der Waals surface area (Å²) in [5, 5.41) is 4.16. The monoisotopic (exact) mass is 385 g/mol. The Hall–Kier alpha value is -0.860. The summed E-state index contributed by atoms with van der Waals surface area (Å²) in [5.74, 6) is -0.0787. The lowest BCUT2D eigenvalue weighted by molar-refractivity contribution is -0.140. The number of hydrogen-bond acceptors (Lipinski definition) is 4. The number of aromatic nitrogens is 1. The minimum atomic E-state index is -4.41. The van der Waals surface area contributed by atoms with Crippen LogP contribution < -0.4 is 11.1 Å². The van der Waals surface area contributed by atoms with E-state index in [0.29, 0.717) is 30.9 Å². The lowest BCUT2D eigenvalue weighted by Crippen LogP contribution is -2.39. The molecule has 138 valence electrons. The van der Waals surface area contributed by atoms with Crippen molar-refractivity contribution < 1.29 is 18.0 Å². The van der Waals surface area contributed by atoms with Crippen LogP contribution in [0.3, 0.4) is 0 Å². The van der Waals surface area contributed by atoms with Crippen molar-refractivity contribution in [3.8, 4) is 0 Å². The Balaban J connectivity index is 0.00000288. The zero-order valence-corrected chi connectivity index (χ0v) is 15.0. The fraction of sp³-hybridized carbons (Fsp3) is 0.733. The molecule has 0 radical (unpaired) electrons. The molecule has 24 heavy (non-hydrogen) atoms. The van der Waals surface area contributed by atoms with Gasteiger partial charge in [0, 0.05) is 24.8 Å². The Bertz CT molecular complexity index is 530. The summed E-state index contributed by atoms with van der Waals surface area (Å²) in [6.07, 6.45) is 1.63. The van der Waals surface area contributed by atoms with Gasteiger partial charge in [-0.15, -0.1) is 23.7 Å². The van der Waals surface area contributed by atoms with Crippen LogP contribution in [-0.2, 0) is 17.4 Å². The summed E-state index contributed by atoms with van der Waals surface area (Å²) in [6.45, 7) is 0.798. The zero-order chi connectivity index (χ0) is 16.9. The van der Waals surface area contributed by atoms with Gasteiger partial charge < -0.3 is 11.1 Å². The second-order valence-corrected chi connectivity index (χ2v) is 7.11. The normalized spacial score (nSPS) is 17.2. The van der Waals surface area contributed by atoms with E-state index in [4.69, 9.17) is 5.73 Å². The van der Waals surface area contributed by atoms with E-state index in [1.54, 1.807) is 0 Å². The molecule has 0 unspecified atom stereocenters. The van der Waals surface area contributed by atoms with Crippen LogP contribution in [0, 0.1) is 5.41 Å². The van der Waals surface area contributed by atoms with Crippen LogP contribution in [0.5, 0.6) is 0 Å². The van der Waals surface area contributed by atoms with Crippen LogP contribution in [0.2, 0.25) is 0 Å². The van der Waals surface area contributed by atoms with Gasteiger partial charge in [0.25, 0.3) is 0 Å². The van der Waals surface area contributed by atoms with Crippen LogP contribution in [0.4, 0.5) is 13.2 Å². The van der Waals surface area contributed by atoms with Crippen molar-refractivity contribution >= 4 is 29.7 Å². The summed E-state index contributed by atoms with van der Waals surface area (Å²) >= 11 is 0.965. The first-order valence-corrected chi connectivity index (χ1v) is 8.71. The minimum Gasteiger partial charge on any atom is -0.356 e. The summed E-state index contributed by atoms with van der Waals surface area (Å²) in [6, 6.07) is 0. The number of alkyl halides is 3. The summed E-state index contributed by atoms with van der Waals surface area (Å²) < 4.78 is 37.4. The van der Waals surface area contributed by atoms with E-state index in [0.717, 1.165) is 42.4 Å². The Morgan fingerprint density at radius 3 is 2.54 bits per heavy atom. The van der Waals surface area contributed by atoms with E-state index >= 15 is 0 Å². The number of carbonyl (C=O) groups is 1. The van der Waals surface area contributed by atoms with Gasteiger partial charge in [-0.2, -0.15) is 13.2 Å². The first-order valence-electron chi connectivity index (χ1n) is 7.83. The van der Waals surface area contributed by atoms with Crippen molar-refractivity contribution in [1.82, 2.24) is 10.3 Å².